The maximum atomic E-state index is 5.44. The van der Waals surface area contributed by atoms with Crippen molar-refractivity contribution in [1.29, 1.82) is 0 Å². The molecule has 0 spiro atoms. The predicted octanol–water partition coefficient (Wildman–Crippen LogP) is 1.65. The molecule has 6 nitrogen and oxygen atoms in total. The van der Waals surface area contributed by atoms with Crippen molar-refractivity contribution in [2.75, 3.05) is 37.5 Å². The van der Waals surface area contributed by atoms with Gasteiger partial charge in [0, 0.05) is 26.3 Å². The van der Waals surface area contributed by atoms with Gasteiger partial charge in [-0.3, -0.25) is 0 Å². The lowest BCUT2D eigenvalue weighted by atomic mass is 10.0. The van der Waals surface area contributed by atoms with Gasteiger partial charge in [-0.2, -0.15) is 0 Å². The molecule has 0 saturated carbocycles. The number of hydrogen-bond acceptors (Lipinski definition) is 6. The fourth-order valence-electron chi connectivity index (χ4n) is 2.10. The molecule has 1 aliphatic heterocycles. The van der Waals surface area contributed by atoms with Crippen LogP contribution in [0, 0.1) is 0 Å². The van der Waals surface area contributed by atoms with Crippen LogP contribution < -0.4 is 10.6 Å². The summed E-state index contributed by atoms with van der Waals surface area (Å²) in [6, 6.07) is 1.92. The minimum atomic E-state index is -0.0534. The van der Waals surface area contributed by atoms with E-state index >= 15 is 0 Å². The van der Waals surface area contributed by atoms with Crippen LogP contribution in [0.4, 0.5) is 11.6 Å². The summed E-state index contributed by atoms with van der Waals surface area (Å²) in [5.41, 5.74) is -0.0534. The molecule has 1 aromatic heterocycles. The van der Waals surface area contributed by atoms with Gasteiger partial charge < -0.3 is 20.1 Å². The Hall–Kier alpha value is -1.40. The highest BCUT2D eigenvalue weighted by molar-refractivity contribution is 5.49. The van der Waals surface area contributed by atoms with Gasteiger partial charge in [0.05, 0.1) is 12.1 Å². The first-order valence-electron chi connectivity index (χ1n) is 6.62. The highest BCUT2D eigenvalue weighted by Crippen LogP contribution is 2.24. The Kier molecular flexibility index (Phi) is 4.55. The lowest BCUT2D eigenvalue weighted by Gasteiger charge is -2.24. The van der Waals surface area contributed by atoms with Crippen molar-refractivity contribution in [3.05, 3.63) is 11.9 Å². The number of nitrogens with zero attached hydrogens (tertiary/aromatic N) is 2. The Balaban J connectivity index is 2.17. The van der Waals surface area contributed by atoms with Crippen molar-refractivity contribution in [2.24, 2.45) is 0 Å². The standard InChI is InChI=1S/C13H22N4O2/c1-4-14-10-7-11(16-12(15-10)8-18-3)17-13(2)5-6-19-9-13/h7H,4-6,8-9H2,1-3H3,(H2,14,15,16,17). The molecule has 0 radical (unpaired) electrons. The summed E-state index contributed by atoms with van der Waals surface area (Å²) in [5, 5.41) is 6.65. The quantitative estimate of drug-likeness (QED) is 0.816. The summed E-state index contributed by atoms with van der Waals surface area (Å²) in [5.74, 6) is 2.30. The first-order valence-corrected chi connectivity index (χ1v) is 6.62. The summed E-state index contributed by atoms with van der Waals surface area (Å²) in [6.07, 6.45) is 0.979. The van der Waals surface area contributed by atoms with E-state index in [1.165, 1.54) is 0 Å². The third-order valence-electron chi connectivity index (χ3n) is 3.05. The molecule has 2 rings (SSSR count). The van der Waals surface area contributed by atoms with Gasteiger partial charge in [-0.25, -0.2) is 9.97 Å². The van der Waals surface area contributed by atoms with Crippen molar-refractivity contribution in [2.45, 2.75) is 32.4 Å². The molecule has 1 unspecified atom stereocenters. The average Bonchev–Trinajstić information content (AvgIpc) is 2.76. The van der Waals surface area contributed by atoms with Crippen LogP contribution >= 0.6 is 0 Å². The molecule has 2 heterocycles. The fourth-order valence-corrected chi connectivity index (χ4v) is 2.10. The zero-order valence-corrected chi connectivity index (χ0v) is 11.8. The number of ether oxygens (including phenoxy) is 2. The summed E-state index contributed by atoms with van der Waals surface area (Å²) < 4.78 is 10.5. The van der Waals surface area contributed by atoms with E-state index in [0.29, 0.717) is 19.0 Å². The maximum Gasteiger partial charge on any atom is 0.158 e. The molecule has 106 valence electrons. The van der Waals surface area contributed by atoms with Crippen LogP contribution in [0.15, 0.2) is 6.07 Å². The SMILES string of the molecule is CCNc1cc(NC2(C)CCOC2)nc(COC)n1. The van der Waals surface area contributed by atoms with Gasteiger partial charge in [0.25, 0.3) is 0 Å². The molecule has 0 amide bonds. The summed E-state index contributed by atoms with van der Waals surface area (Å²) in [7, 11) is 1.64. The van der Waals surface area contributed by atoms with Gasteiger partial charge >= 0.3 is 0 Å². The number of rotatable bonds is 6. The average molecular weight is 266 g/mol. The first-order chi connectivity index (χ1) is 9.15. The molecule has 1 saturated heterocycles. The number of hydrogen-bond donors (Lipinski definition) is 2. The lowest BCUT2D eigenvalue weighted by molar-refractivity contribution is 0.177. The van der Waals surface area contributed by atoms with E-state index in [4.69, 9.17) is 9.47 Å². The summed E-state index contributed by atoms with van der Waals surface area (Å²) in [4.78, 5) is 8.86. The zero-order valence-electron chi connectivity index (χ0n) is 11.8. The van der Waals surface area contributed by atoms with Crippen molar-refractivity contribution >= 4 is 11.6 Å². The number of anilines is 2. The second kappa shape index (κ2) is 6.16. The van der Waals surface area contributed by atoms with E-state index in [1.807, 2.05) is 13.0 Å². The van der Waals surface area contributed by atoms with Gasteiger partial charge in [0.1, 0.15) is 18.2 Å². The normalized spacial score (nSPS) is 22.5. The second-order valence-electron chi connectivity index (χ2n) is 5.01. The number of methoxy groups -OCH3 is 1. The van der Waals surface area contributed by atoms with Crippen LogP contribution in [0.1, 0.15) is 26.1 Å². The van der Waals surface area contributed by atoms with Gasteiger partial charge in [-0.05, 0) is 20.3 Å². The van der Waals surface area contributed by atoms with Crippen molar-refractivity contribution < 1.29 is 9.47 Å². The van der Waals surface area contributed by atoms with Gasteiger partial charge in [-0.15, -0.1) is 0 Å². The second-order valence-corrected chi connectivity index (χ2v) is 5.01. The third kappa shape index (κ3) is 3.78. The number of nitrogens with one attached hydrogen (secondary N) is 2. The Morgan fingerprint density at radius 1 is 1.42 bits per heavy atom. The smallest absolute Gasteiger partial charge is 0.158 e. The number of aromatic nitrogens is 2. The van der Waals surface area contributed by atoms with E-state index in [9.17, 15) is 0 Å². The molecule has 1 aliphatic rings. The Bertz CT molecular complexity index is 395. The van der Waals surface area contributed by atoms with Gasteiger partial charge in [0.15, 0.2) is 5.82 Å². The Morgan fingerprint density at radius 3 is 2.84 bits per heavy atom. The van der Waals surface area contributed by atoms with Crippen LogP contribution in [-0.4, -0.2) is 42.4 Å². The zero-order chi connectivity index (χ0) is 13.7. The Morgan fingerprint density at radius 2 is 2.21 bits per heavy atom. The topological polar surface area (TPSA) is 68.3 Å². The molecule has 1 fully saturated rings. The minimum Gasteiger partial charge on any atom is -0.379 e. The van der Waals surface area contributed by atoms with Crippen molar-refractivity contribution in [3.8, 4) is 0 Å². The molecule has 2 N–H and O–H groups in total. The molecule has 0 bridgehead atoms. The minimum absolute atomic E-state index is 0.0534. The molecule has 19 heavy (non-hydrogen) atoms. The largest absolute Gasteiger partial charge is 0.379 e. The molecule has 1 aromatic rings. The fraction of sp³-hybridized carbons (Fsp3) is 0.692. The van der Waals surface area contributed by atoms with Crippen molar-refractivity contribution in [1.82, 2.24) is 9.97 Å². The van der Waals surface area contributed by atoms with E-state index in [-0.39, 0.29) is 5.54 Å². The monoisotopic (exact) mass is 266 g/mol. The Labute approximate surface area is 113 Å². The molecular formula is C13H22N4O2. The predicted molar refractivity (Wildman–Crippen MR) is 74.4 cm³/mol. The van der Waals surface area contributed by atoms with Gasteiger partial charge in [-0.1, -0.05) is 0 Å². The third-order valence-corrected chi connectivity index (χ3v) is 3.05. The lowest BCUT2D eigenvalue weighted by Crippen LogP contribution is -2.35. The summed E-state index contributed by atoms with van der Waals surface area (Å²) in [6.45, 7) is 6.90. The van der Waals surface area contributed by atoms with E-state index in [1.54, 1.807) is 7.11 Å². The molecule has 1 atom stereocenters. The molecule has 6 heteroatoms. The molecule has 0 aliphatic carbocycles. The van der Waals surface area contributed by atoms with E-state index < -0.39 is 0 Å². The highest BCUT2D eigenvalue weighted by Gasteiger charge is 2.30. The molecule has 0 aromatic carbocycles. The van der Waals surface area contributed by atoms with Crippen LogP contribution in [0.5, 0.6) is 0 Å². The van der Waals surface area contributed by atoms with Gasteiger partial charge in [0.2, 0.25) is 0 Å². The van der Waals surface area contributed by atoms with Crippen LogP contribution in [0.3, 0.4) is 0 Å². The highest BCUT2D eigenvalue weighted by atomic mass is 16.5. The van der Waals surface area contributed by atoms with Crippen LogP contribution in [0.2, 0.25) is 0 Å². The van der Waals surface area contributed by atoms with Crippen LogP contribution in [0.25, 0.3) is 0 Å². The van der Waals surface area contributed by atoms with Crippen molar-refractivity contribution in [3.63, 3.8) is 0 Å². The first kappa shape index (κ1) is 14.0. The van der Waals surface area contributed by atoms with Crippen LogP contribution in [-0.2, 0) is 16.1 Å². The van der Waals surface area contributed by atoms with E-state index in [0.717, 1.165) is 31.2 Å². The maximum absolute atomic E-state index is 5.44. The summed E-state index contributed by atoms with van der Waals surface area (Å²) >= 11 is 0. The molecular weight excluding hydrogens is 244 g/mol. The van der Waals surface area contributed by atoms with E-state index in [2.05, 4.69) is 27.5 Å².